The van der Waals surface area contributed by atoms with Crippen LogP contribution in [0, 0.1) is 23.4 Å². The monoisotopic (exact) mass is 271 g/mol. The first-order chi connectivity index (χ1) is 9.11. The van der Waals surface area contributed by atoms with Crippen molar-refractivity contribution >= 4 is 0 Å². The molecule has 2 unspecified atom stereocenters. The van der Waals surface area contributed by atoms with Crippen LogP contribution < -0.4 is 5.32 Å². The molecule has 2 atom stereocenters. The fourth-order valence-corrected chi connectivity index (χ4v) is 2.91. The quantitative estimate of drug-likeness (QED) is 0.811. The summed E-state index contributed by atoms with van der Waals surface area (Å²) in [5, 5.41) is 3.30. The minimum Gasteiger partial charge on any atom is -0.310 e. The minimum atomic E-state index is -1.13. The molecule has 1 aromatic rings. The second-order valence-corrected chi connectivity index (χ2v) is 5.30. The predicted molar refractivity (Wildman–Crippen MR) is 69.2 cm³/mol. The lowest BCUT2D eigenvalue weighted by Crippen LogP contribution is -2.38. The number of hydrogen-bond donors (Lipinski definition) is 1. The Balaban J connectivity index is 1.99. The molecule has 19 heavy (non-hydrogen) atoms. The zero-order valence-electron chi connectivity index (χ0n) is 11.2. The van der Waals surface area contributed by atoms with E-state index >= 15 is 0 Å². The van der Waals surface area contributed by atoms with Crippen LogP contribution in [0.1, 0.15) is 44.6 Å². The van der Waals surface area contributed by atoms with Gasteiger partial charge in [0.1, 0.15) is 5.82 Å². The van der Waals surface area contributed by atoms with Gasteiger partial charge in [-0.15, -0.1) is 0 Å². The maximum Gasteiger partial charge on any atom is 0.161 e. The highest BCUT2D eigenvalue weighted by Gasteiger charge is 2.23. The molecule has 1 nitrogen and oxygen atoms in total. The summed E-state index contributed by atoms with van der Waals surface area (Å²) in [6, 6.07) is 1.91. The lowest BCUT2D eigenvalue weighted by atomic mass is 9.83. The summed E-state index contributed by atoms with van der Waals surface area (Å²) in [4.78, 5) is 0. The highest BCUT2D eigenvalue weighted by molar-refractivity contribution is 5.20. The molecule has 1 aliphatic carbocycles. The lowest BCUT2D eigenvalue weighted by molar-refractivity contribution is 0.253. The van der Waals surface area contributed by atoms with E-state index in [4.69, 9.17) is 0 Å². The first-order valence-electron chi connectivity index (χ1n) is 6.98. The first kappa shape index (κ1) is 14.4. The van der Waals surface area contributed by atoms with Gasteiger partial charge in [-0.05, 0) is 24.8 Å². The van der Waals surface area contributed by atoms with E-state index in [2.05, 4.69) is 12.2 Å². The smallest absolute Gasteiger partial charge is 0.161 e. The molecule has 1 fully saturated rings. The second-order valence-electron chi connectivity index (χ2n) is 5.30. The minimum absolute atomic E-state index is 0.194. The van der Waals surface area contributed by atoms with Gasteiger partial charge in [0, 0.05) is 24.2 Å². The van der Waals surface area contributed by atoms with Crippen LogP contribution in [-0.2, 0) is 6.54 Å². The van der Waals surface area contributed by atoms with E-state index in [-0.39, 0.29) is 12.1 Å². The lowest BCUT2D eigenvalue weighted by Gasteiger charge is -2.31. The van der Waals surface area contributed by atoms with Crippen molar-refractivity contribution in [3.05, 3.63) is 35.1 Å². The van der Waals surface area contributed by atoms with Gasteiger partial charge in [-0.3, -0.25) is 0 Å². The summed E-state index contributed by atoms with van der Waals surface area (Å²) in [7, 11) is 0. The standard InChI is InChI=1S/C15H20F3N/c1-2-10-5-3-4-6-15(10)19-9-11-7-13(17)14(18)8-12(11)16/h7-8,10,15,19H,2-6,9H2,1H3. The highest BCUT2D eigenvalue weighted by atomic mass is 19.2. The second kappa shape index (κ2) is 6.42. The molecular weight excluding hydrogens is 251 g/mol. The highest BCUT2D eigenvalue weighted by Crippen LogP contribution is 2.27. The third-order valence-corrected chi connectivity index (χ3v) is 4.08. The molecule has 0 amide bonds. The predicted octanol–water partition coefficient (Wildman–Crippen LogP) is 4.16. The molecule has 0 spiro atoms. The Morgan fingerprint density at radius 3 is 2.47 bits per heavy atom. The van der Waals surface area contributed by atoms with E-state index in [1.165, 1.54) is 19.3 Å². The van der Waals surface area contributed by atoms with Crippen molar-refractivity contribution in [2.45, 2.75) is 51.6 Å². The SMILES string of the molecule is CCC1CCCCC1NCc1cc(F)c(F)cc1F. The van der Waals surface area contributed by atoms with Gasteiger partial charge in [-0.25, -0.2) is 13.2 Å². The average molecular weight is 271 g/mol. The molecule has 1 saturated carbocycles. The maximum atomic E-state index is 13.5. The molecule has 106 valence electrons. The largest absolute Gasteiger partial charge is 0.310 e. The van der Waals surface area contributed by atoms with Crippen LogP contribution in [0.3, 0.4) is 0 Å². The van der Waals surface area contributed by atoms with Crippen molar-refractivity contribution in [1.29, 1.82) is 0 Å². The van der Waals surface area contributed by atoms with Crippen molar-refractivity contribution < 1.29 is 13.2 Å². The normalized spacial score (nSPS) is 23.6. The summed E-state index contributed by atoms with van der Waals surface area (Å²) in [6.07, 6.45) is 5.78. The van der Waals surface area contributed by atoms with Crippen molar-refractivity contribution in [2.75, 3.05) is 0 Å². The van der Waals surface area contributed by atoms with Crippen LogP contribution in [0.4, 0.5) is 13.2 Å². The Labute approximate surface area is 112 Å². The summed E-state index contributed by atoms with van der Waals surface area (Å²) in [5.74, 6) is -2.21. The van der Waals surface area contributed by atoms with Crippen molar-refractivity contribution in [1.82, 2.24) is 5.32 Å². The summed E-state index contributed by atoms with van der Waals surface area (Å²) >= 11 is 0. The van der Waals surface area contributed by atoms with Gasteiger partial charge in [0.15, 0.2) is 11.6 Å². The summed E-state index contributed by atoms with van der Waals surface area (Å²) < 4.78 is 39.5. The van der Waals surface area contributed by atoms with Crippen molar-refractivity contribution in [3.63, 3.8) is 0 Å². The summed E-state index contributed by atoms with van der Waals surface area (Å²) in [6.45, 7) is 2.41. The topological polar surface area (TPSA) is 12.0 Å². The van der Waals surface area contributed by atoms with Gasteiger partial charge in [0.2, 0.25) is 0 Å². The van der Waals surface area contributed by atoms with E-state index < -0.39 is 17.5 Å². The van der Waals surface area contributed by atoms with Crippen LogP contribution in [0.15, 0.2) is 12.1 Å². The fraction of sp³-hybridized carbons (Fsp3) is 0.600. The van der Waals surface area contributed by atoms with E-state index in [0.717, 1.165) is 18.9 Å². The van der Waals surface area contributed by atoms with Crippen molar-refractivity contribution in [2.24, 2.45) is 5.92 Å². The van der Waals surface area contributed by atoms with Gasteiger partial charge in [-0.2, -0.15) is 0 Å². The van der Waals surface area contributed by atoms with Crippen LogP contribution in [-0.4, -0.2) is 6.04 Å². The molecule has 1 N–H and O–H groups in total. The molecule has 0 saturated heterocycles. The molecule has 2 rings (SSSR count). The van der Waals surface area contributed by atoms with Crippen LogP contribution in [0.2, 0.25) is 0 Å². The molecule has 0 aliphatic heterocycles. The van der Waals surface area contributed by atoms with Gasteiger partial charge in [0.05, 0.1) is 0 Å². The number of hydrogen-bond acceptors (Lipinski definition) is 1. The van der Waals surface area contributed by atoms with Gasteiger partial charge in [0.25, 0.3) is 0 Å². The maximum absolute atomic E-state index is 13.5. The molecule has 1 aromatic carbocycles. The Morgan fingerprint density at radius 1 is 1.05 bits per heavy atom. The number of benzene rings is 1. The van der Waals surface area contributed by atoms with E-state index in [0.29, 0.717) is 18.0 Å². The molecule has 0 radical (unpaired) electrons. The van der Waals surface area contributed by atoms with Gasteiger partial charge < -0.3 is 5.32 Å². The number of rotatable bonds is 4. The first-order valence-corrected chi connectivity index (χ1v) is 6.98. The van der Waals surface area contributed by atoms with Crippen LogP contribution >= 0.6 is 0 Å². The molecular formula is C15H20F3N. The Morgan fingerprint density at radius 2 is 1.74 bits per heavy atom. The molecule has 1 aliphatic rings. The number of halogens is 3. The third-order valence-electron chi connectivity index (χ3n) is 4.08. The van der Waals surface area contributed by atoms with E-state index in [9.17, 15) is 13.2 Å². The Kier molecular flexibility index (Phi) is 4.86. The third kappa shape index (κ3) is 3.50. The van der Waals surface area contributed by atoms with E-state index in [1.54, 1.807) is 0 Å². The van der Waals surface area contributed by atoms with E-state index in [1.807, 2.05) is 0 Å². The number of nitrogens with one attached hydrogen (secondary N) is 1. The summed E-state index contributed by atoms with van der Waals surface area (Å²) in [5.41, 5.74) is 0.194. The van der Waals surface area contributed by atoms with Crippen LogP contribution in [0.25, 0.3) is 0 Å². The molecule has 0 bridgehead atoms. The zero-order valence-corrected chi connectivity index (χ0v) is 11.2. The van der Waals surface area contributed by atoms with Crippen molar-refractivity contribution in [3.8, 4) is 0 Å². The average Bonchev–Trinajstić information content (AvgIpc) is 2.41. The molecule has 4 heteroatoms. The Bertz CT molecular complexity index is 434. The molecule has 0 heterocycles. The van der Waals surface area contributed by atoms with Gasteiger partial charge in [-0.1, -0.05) is 26.2 Å². The van der Waals surface area contributed by atoms with Crippen LogP contribution in [0.5, 0.6) is 0 Å². The zero-order chi connectivity index (χ0) is 13.8. The Hall–Kier alpha value is -1.03. The molecule has 0 aromatic heterocycles. The fourth-order valence-electron chi connectivity index (χ4n) is 2.91. The van der Waals surface area contributed by atoms with Gasteiger partial charge >= 0.3 is 0 Å².